The quantitative estimate of drug-likeness (QED) is 0.407. The summed E-state index contributed by atoms with van der Waals surface area (Å²) in [4.78, 5) is 12.4. The first-order valence-corrected chi connectivity index (χ1v) is 9.80. The molecule has 166 valence electrons. The third-order valence-electron chi connectivity index (χ3n) is 4.04. The molecule has 3 rings (SSSR count). The number of halogens is 4. The Morgan fingerprint density at radius 3 is 2.59 bits per heavy atom. The molecule has 0 atom stereocenters. The normalized spacial score (nSPS) is 11.7. The van der Waals surface area contributed by atoms with Crippen LogP contribution < -0.4 is 14.8 Å². The molecule has 0 aliphatic carbocycles. The lowest BCUT2D eigenvalue weighted by Crippen LogP contribution is -2.13. The lowest BCUT2D eigenvalue weighted by atomic mass is 10.2. The highest BCUT2D eigenvalue weighted by atomic mass is 35.5. The molecule has 0 bridgehead atoms. The number of carbonyl (C=O) groups excluding carboxylic acids is 1. The zero-order chi connectivity index (χ0) is 23.5. The van der Waals surface area contributed by atoms with Gasteiger partial charge in [0.05, 0.1) is 24.9 Å². The second-order valence-electron chi connectivity index (χ2n) is 6.00. The summed E-state index contributed by atoms with van der Waals surface area (Å²) in [5, 5.41) is 16.5. The molecule has 1 N–H and O–H groups in total. The number of amides is 1. The van der Waals surface area contributed by atoms with Crippen LogP contribution in [0.2, 0.25) is 5.02 Å². The van der Waals surface area contributed by atoms with Crippen LogP contribution in [0.25, 0.3) is 11.8 Å². The van der Waals surface area contributed by atoms with Crippen molar-refractivity contribution in [2.45, 2.75) is 6.18 Å². The van der Waals surface area contributed by atoms with Gasteiger partial charge >= 0.3 is 6.18 Å². The number of hydrogen-bond acceptors (Lipinski definition) is 7. The highest BCUT2D eigenvalue weighted by Gasteiger charge is 2.36. The van der Waals surface area contributed by atoms with Crippen LogP contribution >= 0.6 is 22.9 Å². The van der Waals surface area contributed by atoms with Crippen LogP contribution in [0.4, 0.5) is 18.3 Å². The number of alkyl halides is 3. The predicted octanol–water partition coefficient (Wildman–Crippen LogP) is 4.56. The first kappa shape index (κ1) is 23.1. The largest absolute Gasteiger partial charge is 0.495 e. The number of nitriles is 1. The summed E-state index contributed by atoms with van der Waals surface area (Å²) in [6.07, 6.45) is -1.77. The van der Waals surface area contributed by atoms with Gasteiger partial charge < -0.3 is 14.0 Å². The summed E-state index contributed by atoms with van der Waals surface area (Å²) in [5.41, 5.74) is 0.544. The van der Waals surface area contributed by atoms with Gasteiger partial charge in [-0.1, -0.05) is 22.9 Å². The summed E-state index contributed by atoms with van der Waals surface area (Å²) in [7, 11) is 2.91. The first-order valence-electron chi connectivity index (χ1n) is 8.61. The summed E-state index contributed by atoms with van der Waals surface area (Å²) in [6.45, 7) is 0. The highest BCUT2D eigenvalue weighted by molar-refractivity contribution is 7.15. The lowest BCUT2D eigenvalue weighted by molar-refractivity contribution is -0.138. The number of anilines is 1. The Balaban J connectivity index is 1.93. The maximum absolute atomic E-state index is 12.7. The molecule has 8 nitrogen and oxygen atoms in total. The number of nitrogens with one attached hydrogen (secondary N) is 1. The molecular weight excluding hydrogens is 471 g/mol. The Morgan fingerprint density at radius 2 is 2.00 bits per heavy atom. The predicted molar refractivity (Wildman–Crippen MR) is 111 cm³/mol. The minimum Gasteiger partial charge on any atom is -0.495 e. The van der Waals surface area contributed by atoms with Crippen molar-refractivity contribution in [3.8, 4) is 23.3 Å². The van der Waals surface area contributed by atoms with Crippen molar-refractivity contribution in [1.29, 1.82) is 5.26 Å². The number of carbonyl (C=O) groups is 1. The fourth-order valence-electron chi connectivity index (χ4n) is 2.61. The average Bonchev–Trinajstić information content (AvgIpc) is 3.41. The Kier molecular flexibility index (Phi) is 6.71. The van der Waals surface area contributed by atoms with Gasteiger partial charge in [-0.2, -0.15) is 18.4 Å². The van der Waals surface area contributed by atoms with Crippen LogP contribution in [-0.2, 0) is 11.0 Å². The van der Waals surface area contributed by atoms with Crippen LogP contribution in [0.1, 0.15) is 10.7 Å². The van der Waals surface area contributed by atoms with E-state index >= 15 is 0 Å². The van der Waals surface area contributed by atoms with Gasteiger partial charge in [-0.15, -0.1) is 10.2 Å². The number of ether oxygens (including phenoxy) is 2. The molecule has 0 saturated heterocycles. The van der Waals surface area contributed by atoms with Gasteiger partial charge in [0, 0.05) is 18.0 Å². The van der Waals surface area contributed by atoms with E-state index in [0.717, 1.165) is 0 Å². The van der Waals surface area contributed by atoms with Crippen LogP contribution in [0, 0.1) is 11.3 Å². The number of rotatable bonds is 6. The summed E-state index contributed by atoms with van der Waals surface area (Å²) in [5.74, 6) is -0.137. The Morgan fingerprint density at radius 1 is 1.28 bits per heavy atom. The average molecular weight is 484 g/mol. The van der Waals surface area contributed by atoms with Crippen molar-refractivity contribution in [1.82, 2.24) is 14.8 Å². The van der Waals surface area contributed by atoms with Gasteiger partial charge in [0.2, 0.25) is 10.1 Å². The van der Waals surface area contributed by atoms with E-state index in [-0.39, 0.29) is 22.0 Å². The van der Waals surface area contributed by atoms with Crippen molar-refractivity contribution in [3.63, 3.8) is 0 Å². The molecule has 2 heterocycles. The van der Waals surface area contributed by atoms with E-state index in [1.165, 1.54) is 20.3 Å². The van der Waals surface area contributed by atoms with Crippen LogP contribution in [-0.4, -0.2) is 34.9 Å². The minimum atomic E-state index is -4.69. The third kappa shape index (κ3) is 4.84. The van der Waals surface area contributed by atoms with E-state index in [1.54, 1.807) is 41.1 Å². The third-order valence-corrected chi connectivity index (χ3v) is 5.22. The maximum Gasteiger partial charge on any atom is 0.445 e. The van der Waals surface area contributed by atoms with Crippen LogP contribution in [0.5, 0.6) is 11.5 Å². The number of methoxy groups -OCH3 is 2. The van der Waals surface area contributed by atoms with E-state index < -0.39 is 17.1 Å². The number of aromatic nitrogens is 3. The molecule has 1 amide bonds. The van der Waals surface area contributed by atoms with Crippen LogP contribution in [0.3, 0.4) is 0 Å². The molecule has 0 unspecified atom stereocenters. The zero-order valence-corrected chi connectivity index (χ0v) is 18.0. The molecule has 0 radical (unpaired) electrons. The van der Waals surface area contributed by atoms with Crippen molar-refractivity contribution < 1.29 is 27.4 Å². The second kappa shape index (κ2) is 9.29. The fourth-order valence-corrected chi connectivity index (χ4v) is 3.45. The van der Waals surface area contributed by atoms with Crippen molar-refractivity contribution in [2.75, 3.05) is 19.5 Å². The summed E-state index contributed by atoms with van der Waals surface area (Å²) in [6, 6.07) is 8.18. The molecule has 32 heavy (non-hydrogen) atoms. The first-order chi connectivity index (χ1) is 15.2. The topological polar surface area (TPSA) is 102 Å². The van der Waals surface area contributed by atoms with E-state index in [9.17, 15) is 23.2 Å². The summed E-state index contributed by atoms with van der Waals surface area (Å²) < 4.78 is 50.1. The van der Waals surface area contributed by atoms with Gasteiger partial charge in [-0.25, -0.2) is 0 Å². The van der Waals surface area contributed by atoms with Crippen molar-refractivity contribution in [3.05, 3.63) is 51.8 Å². The zero-order valence-electron chi connectivity index (χ0n) is 16.4. The van der Waals surface area contributed by atoms with Crippen molar-refractivity contribution >= 4 is 40.1 Å². The molecular formula is C19H13ClF3N5O3S. The lowest BCUT2D eigenvalue weighted by Gasteiger charge is -2.14. The van der Waals surface area contributed by atoms with Gasteiger partial charge in [-0.05, 0) is 24.3 Å². The molecule has 0 aliphatic rings. The van der Waals surface area contributed by atoms with Crippen molar-refractivity contribution in [2.24, 2.45) is 0 Å². The molecule has 0 fully saturated rings. The maximum atomic E-state index is 12.7. The molecule has 0 spiro atoms. The Bertz CT molecular complexity index is 1230. The molecule has 0 aliphatic heterocycles. The fraction of sp³-hybridized carbons (Fsp3) is 0.158. The number of benzene rings is 1. The Hall–Kier alpha value is -3.56. The molecule has 3 aromatic rings. The van der Waals surface area contributed by atoms with Gasteiger partial charge in [0.1, 0.15) is 23.1 Å². The van der Waals surface area contributed by atoms with Gasteiger partial charge in [0.15, 0.2) is 0 Å². The SMILES string of the molecule is COc1cc(OC)c(-n2cccc2/C=C(/C#N)C(=O)Nc2nnc(C(F)(F)F)s2)cc1Cl. The molecule has 0 saturated carbocycles. The van der Waals surface area contributed by atoms with Gasteiger partial charge in [0.25, 0.3) is 5.91 Å². The van der Waals surface area contributed by atoms with E-state index in [4.69, 9.17) is 21.1 Å². The van der Waals surface area contributed by atoms with E-state index in [0.29, 0.717) is 27.9 Å². The molecule has 13 heteroatoms. The second-order valence-corrected chi connectivity index (χ2v) is 7.38. The summed E-state index contributed by atoms with van der Waals surface area (Å²) >= 11 is 6.37. The number of hydrogen-bond donors (Lipinski definition) is 1. The highest BCUT2D eigenvalue weighted by Crippen LogP contribution is 2.36. The smallest absolute Gasteiger partial charge is 0.445 e. The van der Waals surface area contributed by atoms with Gasteiger partial charge in [-0.3, -0.25) is 10.1 Å². The monoisotopic (exact) mass is 483 g/mol. The Labute approximate surface area is 188 Å². The number of nitrogens with zero attached hydrogens (tertiary/aromatic N) is 4. The minimum absolute atomic E-state index is 0.150. The van der Waals surface area contributed by atoms with E-state index in [1.807, 2.05) is 0 Å². The molecule has 1 aromatic carbocycles. The van der Waals surface area contributed by atoms with E-state index in [2.05, 4.69) is 15.5 Å². The molecule has 2 aromatic heterocycles. The standard InChI is InChI=1S/C19H13ClF3N5O3S/c1-30-14-8-15(31-2)13(7-12(14)20)28-5-3-4-11(28)6-10(9-24)16(29)25-18-27-26-17(32-18)19(21,22)23/h3-8H,1-2H3,(H,25,27,29)/b10-6-. The van der Waals surface area contributed by atoms with Crippen LogP contribution in [0.15, 0.2) is 36.0 Å².